The molecular formula is C44H24N4O. The summed E-state index contributed by atoms with van der Waals surface area (Å²) in [7, 11) is 0. The first kappa shape index (κ1) is 25.4. The van der Waals surface area contributed by atoms with Crippen LogP contribution in [0, 0.1) is 0 Å². The number of nitrogens with zero attached hydrogens (tertiary/aromatic N) is 4. The molecule has 5 heterocycles. The minimum atomic E-state index is 0.866. The van der Waals surface area contributed by atoms with Gasteiger partial charge in [0, 0.05) is 38.0 Å². The highest BCUT2D eigenvalue weighted by Crippen LogP contribution is 2.45. The van der Waals surface area contributed by atoms with Crippen molar-refractivity contribution in [1.82, 2.24) is 18.9 Å². The van der Waals surface area contributed by atoms with Crippen LogP contribution in [0.5, 0.6) is 0 Å². The summed E-state index contributed by atoms with van der Waals surface area (Å²) in [6, 6.07) is 51.7. The Labute approximate surface area is 278 Å². The van der Waals surface area contributed by atoms with Gasteiger partial charge in [-0.1, -0.05) is 72.8 Å². The van der Waals surface area contributed by atoms with Gasteiger partial charge in [0.25, 0.3) is 0 Å². The van der Waals surface area contributed by atoms with Gasteiger partial charge in [0.05, 0.1) is 38.5 Å². The molecule has 0 bridgehead atoms. The van der Waals surface area contributed by atoms with E-state index in [-0.39, 0.29) is 0 Å². The van der Waals surface area contributed by atoms with E-state index in [1.165, 1.54) is 38.1 Å². The lowest BCUT2D eigenvalue weighted by Crippen LogP contribution is -1.92. The third kappa shape index (κ3) is 3.24. The van der Waals surface area contributed by atoms with Gasteiger partial charge >= 0.3 is 0 Å². The fourth-order valence-corrected chi connectivity index (χ4v) is 8.33. The molecule has 0 aliphatic carbocycles. The summed E-state index contributed by atoms with van der Waals surface area (Å²) >= 11 is 0. The van der Waals surface area contributed by atoms with Gasteiger partial charge in [-0.15, -0.1) is 0 Å². The molecule has 0 aliphatic heterocycles. The topological polar surface area (TPSA) is 48.3 Å². The molecule has 7 aromatic carbocycles. The maximum Gasteiger partial charge on any atom is 0.165 e. The summed E-state index contributed by atoms with van der Waals surface area (Å²) in [5.74, 6) is 0. The molecule has 5 nitrogen and oxygen atoms in total. The highest BCUT2D eigenvalue weighted by molar-refractivity contribution is 6.30. The van der Waals surface area contributed by atoms with E-state index in [1.54, 1.807) is 0 Å². The number of hydrogen-bond donors (Lipinski definition) is 0. The molecular weight excluding hydrogens is 601 g/mol. The normalized spacial score (nSPS) is 12.5. The number of benzene rings is 7. The molecule has 0 radical (unpaired) electrons. The molecule has 0 spiro atoms. The lowest BCUT2D eigenvalue weighted by Gasteiger charge is -2.08. The lowest BCUT2D eigenvalue weighted by atomic mass is 9.98. The average molecular weight is 625 g/mol. The quantitative estimate of drug-likeness (QED) is 0.192. The van der Waals surface area contributed by atoms with Crippen LogP contribution in [0.1, 0.15) is 0 Å². The van der Waals surface area contributed by atoms with E-state index >= 15 is 0 Å². The molecule has 0 unspecified atom stereocenters. The molecule has 0 fully saturated rings. The summed E-state index contributed by atoms with van der Waals surface area (Å²) < 4.78 is 11.1. The molecule has 0 amide bonds. The van der Waals surface area contributed by atoms with Crippen LogP contribution >= 0.6 is 0 Å². The van der Waals surface area contributed by atoms with Crippen molar-refractivity contribution < 1.29 is 4.42 Å². The summed E-state index contributed by atoms with van der Waals surface area (Å²) in [4.78, 5) is 10.5. The summed E-state index contributed by atoms with van der Waals surface area (Å²) in [5.41, 5.74) is 13.4. The van der Waals surface area contributed by atoms with Crippen molar-refractivity contribution in [3.05, 3.63) is 146 Å². The van der Waals surface area contributed by atoms with Crippen molar-refractivity contribution in [3.63, 3.8) is 0 Å². The maximum absolute atomic E-state index is 6.38. The van der Waals surface area contributed by atoms with Crippen LogP contribution in [0.2, 0.25) is 0 Å². The van der Waals surface area contributed by atoms with Crippen LogP contribution < -0.4 is 0 Å². The van der Waals surface area contributed by atoms with Gasteiger partial charge in [0.2, 0.25) is 0 Å². The van der Waals surface area contributed by atoms with E-state index in [0.717, 1.165) is 71.8 Å². The van der Waals surface area contributed by atoms with Gasteiger partial charge in [-0.05, 0) is 83.9 Å². The number of aromatic nitrogens is 4. The third-order valence-corrected chi connectivity index (χ3v) is 10.4. The second-order valence-electron chi connectivity index (χ2n) is 13.0. The van der Waals surface area contributed by atoms with Crippen molar-refractivity contribution in [3.8, 4) is 16.8 Å². The predicted molar refractivity (Wildman–Crippen MR) is 201 cm³/mol. The Morgan fingerprint density at radius 1 is 0.449 bits per heavy atom. The summed E-state index contributed by atoms with van der Waals surface area (Å²) in [6.07, 6.45) is 0. The molecule has 12 rings (SSSR count). The Bertz CT molecular complexity index is 3330. The minimum Gasteiger partial charge on any atom is -0.456 e. The highest BCUT2D eigenvalue weighted by atomic mass is 16.3. The van der Waals surface area contributed by atoms with Gasteiger partial charge in [-0.3, -0.25) is 4.40 Å². The number of para-hydroxylation sites is 5. The molecule has 5 heteroatoms. The van der Waals surface area contributed by atoms with Crippen molar-refractivity contribution in [2.45, 2.75) is 0 Å². The zero-order valence-electron chi connectivity index (χ0n) is 26.1. The molecule has 0 aliphatic rings. The molecule has 5 aromatic heterocycles. The van der Waals surface area contributed by atoms with E-state index in [4.69, 9.17) is 14.4 Å². The smallest absolute Gasteiger partial charge is 0.165 e. The zero-order valence-corrected chi connectivity index (χ0v) is 26.1. The highest BCUT2D eigenvalue weighted by Gasteiger charge is 2.24. The van der Waals surface area contributed by atoms with Gasteiger partial charge in [0.15, 0.2) is 5.65 Å². The van der Waals surface area contributed by atoms with E-state index in [1.807, 2.05) is 36.4 Å². The van der Waals surface area contributed by atoms with Gasteiger partial charge < -0.3 is 8.98 Å². The molecule has 49 heavy (non-hydrogen) atoms. The van der Waals surface area contributed by atoms with Crippen LogP contribution in [0.15, 0.2) is 150 Å². The number of hydrogen-bond acceptors (Lipinski definition) is 3. The van der Waals surface area contributed by atoms with Crippen LogP contribution in [-0.2, 0) is 0 Å². The first-order chi connectivity index (χ1) is 24.3. The summed E-state index contributed by atoms with van der Waals surface area (Å²) in [5, 5.41) is 8.15. The van der Waals surface area contributed by atoms with Crippen molar-refractivity contribution in [2.75, 3.05) is 0 Å². The third-order valence-electron chi connectivity index (χ3n) is 10.4. The molecule has 0 saturated carbocycles. The van der Waals surface area contributed by atoms with E-state index in [9.17, 15) is 0 Å². The molecule has 226 valence electrons. The largest absolute Gasteiger partial charge is 0.456 e. The number of furan rings is 1. The molecule has 0 saturated heterocycles. The van der Waals surface area contributed by atoms with Crippen LogP contribution in [0.4, 0.5) is 0 Å². The molecule has 12 aromatic rings. The van der Waals surface area contributed by atoms with Gasteiger partial charge in [-0.2, -0.15) is 0 Å². The van der Waals surface area contributed by atoms with Gasteiger partial charge in [0.1, 0.15) is 16.7 Å². The first-order valence-corrected chi connectivity index (χ1v) is 16.6. The van der Waals surface area contributed by atoms with E-state index in [0.29, 0.717) is 0 Å². The fourth-order valence-electron chi connectivity index (χ4n) is 8.33. The van der Waals surface area contributed by atoms with E-state index in [2.05, 4.69) is 118 Å². The average Bonchev–Trinajstić information content (AvgIpc) is 3.89. The van der Waals surface area contributed by atoms with Crippen molar-refractivity contribution in [1.29, 1.82) is 0 Å². The SMILES string of the molecule is c1ccc(-n2c3ccccc3c3cc(-c4cc5c6ccc7oc8ccccc8c7c6n6c7nc8ccccc8nc7c(c4)c56)ccc32)cc1. The predicted octanol–water partition coefficient (Wildman–Crippen LogP) is 11.4. The Morgan fingerprint density at radius 3 is 2.06 bits per heavy atom. The Balaban J connectivity index is 1.22. The molecule has 0 atom stereocenters. The van der Waals surface area contributed by atoms with Crippen LogP contribution in [0.3, 0.4) is 0 Å². The summed E-state index contributed by atoms with van der Waals surface area (Å²) in [6.45, 7) is 0. The van der Waals surface area contributed by atoms with Crippen molar-refractivity contribution in [2.24, 2.45) is 0 Å². The lowest BCUT2D eigenvalue weighted by molar-refractivity contribution is 0.669. The number of fused-ring (bicyclic) bond motifs is 14. The second kappa shape index (κ2) is 9.00. The monoisotopic (exact) mass is 624 g/mol. The standard InChI is InChI=1S/C44H24N4O/c1-2-10-27(11-3-1)47-36-16-8-4-12-28(36)31-22-25(18-20-37(31)47)26-23-32-29-19-21-39-40(30-13-5-9-17-38(30)49-39)43(29)48-42(32)33(24-26)41-44(48)46-35-15-7-6-14-34(35)45-41/h1-24H. The van der Waals surface area contributed by atoms with Crippen molar-refractivity contribution >= 4 is 93.1 Å². The fraction of sp³-hybridized carbons (Fsp3) is 0. The minimum absolute atomic E-state index is 0.866. The zero-order chi connectivity index (χ0) is 31.8. The second-order valence-corrected chi connectivity index (χ2v) is 13.0. The van der Waals surface area contributed by atoms with Crippen LogP contribution in [0.25, 0.3) is 110 Å². The maximum atomic E-state index is 6.38. The van der Waals surface area contributed by atoms with E-state index < -0.39 is 0 Å². The van der Waals surface area contributed by atoms with Gasteiger partial charge in [-0.25, -0.2) is 9.97 Å². The Hall–Kier alpha value is -6.72. The Morgan fingerprint density at radius 2 is 1.16 bits per heavy atom. The number of rotatable bonds is 2. The Kier molecular flexibility index (Phi) is 4.66. The van der Waals surface area contributed by atoms with Crippen LogP contribution in [-0.4, -0.2) is 18.9 Å². The molecule has 0 N–H and O–H groups in total. The first-order valence-electron chi connectivity index (χ1n) is 16.6.